The Kier molecular flexibility index (Phi) is 6.75. The lowest BCUT2D eigenvalue weighted by atomic mass is 9.90. The lowest BCUT2D eigenvalue weighted by molar-refractivity contribution is -0.129. The molecule has 5 atom stereocenters. The number of nitriles is 1. The third-order valence-corrected chi connectivity index (χ3v) is 8.06. The fourth-order valence-electron chi connectivity index (χ4n) is 6.05. The van der Waals surface area contributed by atoms with Crippen LogP contribution in [0.1, 0.15) is 42.6 Å². The number of aromatic nitrogens is 1. The molecule has 1 aliphatic carbocycles. The maximum Gasteiger partial charge on any atom is 0.271 e. The fraction of sp³-hybridized carbons (Fsp3) is 0.520. The molecule has 2 saturated heterocycles. The van der Waals surface area contributed by atoms with Gasteiger partial charge in [-0.25, -0.2) is 17.6 Å². The predicted molar refractivity (Wildman–Crippen MR) is 127 cm³/mol. The number of carbonyl (C=O) groups is 3. The van der Waals surface area contributed by atoms with Crippen LogP contribution in [0.15, 0.2) is 12.1 Å². The lowest BCUT2D eigenvalue weighted by Gasteiger charge is -2.29. The zero-order chi connectivity index (χ0) is 27.4. The molecule has 1 saturated carbocycles. The molecule has 13 heteroatoms. The molecule has 2 aromatic rings. The van der Waals surface area contributed by atoms with Gasteiger partial charge in [-0.2, -0.15) is 5.26 Å². The van der Waals surface area contributed by atoms with Gasteiger partial charge >= 0.3 is 0 Å². The molecule has 1 aromatic heterocycles. The summed E-state index contributed by atoms with van der Waals surface area (Å²) in [7, 11) is 0. The number of H-pyrrole nitrogens is 1. The van der Waals surface area contributed by atoms with Gasteiger partial charge < -0.3 is 20.5 Å². The van der Waals surface area contributed by atoms with E-state index < -0.39 is 77.1 Å². The summed E-state index contributed by atoms with van der Waals surface area (Å²) in [5.41, 5.74) is -0.569. The van der Waals surface area contributed by atoms with E-state index in [-0.39, 0.29) is 35.5 Å². The number of aromatic amines is 1. The number of hydrogen-bond donors (Lipinski definition) is 3. The van der Waals surface area contributed by atoms with Gasteiger partial charge in [0.1, 0.15) is 23.6 Å². The molecule has 0 unspecified atom stereocenters. The summed E-state index contributed by atoms with van der Waals surface area (Å²) in [6.07, 6.45) is 0.180. The highest BCUT2D eigenvalue weighted by molar-refractivity contribution is 6.31. The fourth-order valence-corrected chi connectivity index (χ4v) is 6.24. The molecule has 3 fully saturated rings. The number of nitrogens with zero attached hydrogens (tertiary/aromatic N) is 2. The SMILES string of the molecule is N#C[C@H](C[C@@H]1CCCNC1=O)NC(=O)[C@@H]1[C@@H]2CC(F)(F)C[C@@H]2CN1C(=O)c1cc2c(F)cc(Cl)c(F)c2[nH]1. The van der Waals surface area contributed by atoms with Crippen molar-refractivity contribution >= 4 is 40.2 Å². The van der Waals surface area contributed by atoms with Crippen molar-refractivity contribution < 1.29 is 31.9 Å². The second-order valence-corrected chi connectivity index (χ2v) is 10.7. The third kappa shape index (κ3) is 4.68. The molecule has 202 valence electrons. The van der Waals surface area contributed by atoms with E-state index in [0.29, 0.717) is 13.0 Å². The molecule has 3 aliphatic rings. The van der Waals surface area contributed by atoms with Crippen molar-refractivity contribution in [3.8, 4) is 6.07 Å². The Bertz CT molecular complexity index is 1360. The van der Waals surface area contributed by atoms with Crippen molar-refractivity contribution in [2.24, 2.45) is 17.8 Å². The van der Waals surface area contributed by atoms with Crippen LogP contribution in [-0.4, -0.2) is 58.7 Å². The van der Waals surface area contributed by atoms with Crippen LogP contribution >= 0.6 is 11.6 Å². The molecule has 8 nitrogen and oxygen atoms in total. The smallest absolute Gasteiger partial charge is 0.271 e. The molecule has 3 amide bonds. The van der Waals surface area contributed by atoms with Crippen LogP contribution in [0.25, 0.3) is 10.9 Å². The van der Waals surface area contributed by atoms with E-state index in [2.05, 4.69) is 15.6 Å². The topological polar surface area (TPSA) is 118 Å². The van der Waals surface area contributed by atoms with Crippen LogP contribution in [-0.2, 0) is 9.59 Å². The number of halogens is 5. The molecule has 3 heterocycles. The van der Waals surface area contributed by atoms with Crippen LogP contribution in [0, 0.1) is 40.7 Å². The van der Waals surface area contributed by atoms with Gasteiger partial charge in [-0.1, -0.05) is 11.6 Å². The van der Waals surface area contributed by atoms with Gasteiger partial charge in [0.2, 0.25) is 17.7 Å². The molecule has 3 N–H and O–H groups in total. The standard InChI is InChI=1S/C25H24ClF4N5O3/c26-16-6-17(27)14-5-18(34-20(14)19(16)28)24(38)35-10-12-7-25(29,30)8-15(12)21(35)23(37)33-13(9-31)4-11-2-1-3-32-22(11)36/h5-6,11-13,15,21,34H,1-4,7-8,10H2,(H,32,36)(H,33,37)/t11-,12+,13-,15+,21-/m0/s1. The largest absolute Gasteiger partial charge is 0.356 e. The number of rotatable bonds is 5. The molecular weight excluding hydrogens is 530 g/mol. The minimum Gasteiger partial charge on any atom is -0.356 e. The molecule has 38 heavy (non-hydrogen) atoms. The molecule has 1 aromatic carbocycles. The minimum absolute atomic E-state index is 0.0420. The van der Waals surface area contributed by atoms with E-state index >= 15 is 0 Å². The maximum absolute atomic E-state index is 14.5. The number of likely N-dealkylation sites (tertiary alicyclic amines) is 1. The first-order valence-electron chi connectivity index (χ1n) is 12.3. The van der Waals surface area contributed by atoms with Gasteiger partial charge in [0.25, 0.3) is 5.91 Å². The summed E-state index contributed by atoms with van der Waals surface area (Å²) >= 11 is 5.70. The van der Waals surface area contributed by atoms with Gasteiger partial charge in [0.15, 0.2) is 5.82 Å². The van der Waals surface area contributed by atoms with Crippen molar-refractivity contribution in [2.45, 2.75) is 50.1 Å². The van der Waals surface area contributed by atoms with E-state index in [1.807, 2.05) is 6.07 Å². The number of alkyl halides is 2. The third-order valence-electron chi connectivity index (χ3n) is 7.78. The normalized spacial score (nSPS) is 27.1. The van der Waals surface area contributed by atoms with Gasteiger partial charge in [0.05, 0.1) is 16.6 Å². The molecular formula is C25H24ClF4N5O3. The summed E-state index contributed by atoms with van der Waals surface area (Å²) in [4.78, 5) is 42.6. The first kappa shape index (κ1) is 26.3. The van der Waals surface area contributed by atoms with Crippen LogP contribution in [0.5, 0.6) is 0 Å². The van der Waals surface area contributed by atoms with Crippen LogP contribution in [0.2, 0.25) is 5.02 Å². The van der Waals surface area contributed by atoms with Gasteiger partial charge in [-0.15, -0.1) is 0 Å². The highest BCUT2D eigenvalue weighted by Gasteiger charge is 2.58. The van der Waals surface area contributed by atoms with E-state index in [9.17, 15) is 37.2 Å². The zero-order valence-electron chi connectivity index (χ0n) is 20.0. The Labute approximate surface area is 219 Å². The van der Waals surface area contributed by atoms with Gasteiger partial charge in [-0.05, 0) is 43.2 Å². The highest BCUT2D eigenvalue weighted by Crippen LogP contribution is 2.50. The summed E-state index contributed by atoms with van der Waals surface area (Å²) in [5, 5.41) is 14.2. The summed E-state index contributed by atoms with van der Waals surface area (Å²) in [5.74, 6) is -8.69. The van der Waals surface area contributed by atoms with Crippen LogP contribution in [0.3, 0.4) is 0 Å². The van der Waals surface area contributed by atoms with Crippen molar-refractivity contribution in [1.82, 2.24) is 20.5 Å². The van der Waals surface area contributed by atoms with E-state index in [1.54, 1.807) is 0 Å². The number of nitrogens with one attached hydrogen (secondary N) is 3. The Morgan fingerprint density at radius 3 is 2.76 bits per heavy atom. The monoisotopic (exact) mass is 553 g/mol. The van der Waals surface area contributed by atoms with E-state index in [4.69, 9.17) is 11.6 Å². The number of piperidine rings is 1. The second-order valence-electron chi connectivity index (χ2n) is 10.3. The molecule has 0 radical (unpaired) electrons. The Morgan fingerprint density at radius 1 is 1.29 bits per heavy atom. The molecule has 2 aliphatic heterocycles. The summed E-state index contributed by atoms with van der Waals surface area (Å²) in [6, 6.07) is 1.40. The molecule has 0 spiro atoms. The second kappa shape index (κ2) is 9.76. The molecule has 5 rings (SSSR count). The molecule has 0 bridgehead atoms. The van der Waals surface area contributed by atoms with E-state index in [1.165, 1.54) is 0 Å². The number of amides is 3. The van der Waals surface area contributed by atoms with Gasteiger partial charge in [0, 0.05) is 37.2 Å². The van der Waals surface area contributed by atoms with Crippen molar-refractivity contribution in [3.63, 3.8) is 0 Å². The number of hydrogen-bond acceptors (Lipinski definition) is 4. The lowest BCUT2D eigenvalue weighted by Crippen LogP contribution is -2.52. The number of carbonyl (C=O) groups excluding carboxylic acids is 3. The predicted octanol–water partition coefficient (Wildman–Crippen LogP) is 3.51. The summed E-state index contributed by atoms with van der Waals surface area (Å²) < 4.78 is 57.3. The quantitative estimate of drug-likeness (QED) is 0.388. The number of benzene rings is 1. The number of fused-ring (bicyclic) bond motifs is 2. The Hall–Kier alpha value is -3.33. The van der Waals surface area contributed by atoms with Crippen molar-refractivity contribution in [1.29, 1.82) is 5.26 Å². The van der Waals surface area contributed by atoms with Crippen molar-refractivity contribution in [3.05, 3.63) is 34.5 Å². The van der Waals surface area contributed by atoms with Crippen molar-refractivity contribution in [2.75, 3.05) is 13.1 Å². The first-order valence-corrected chi connectivity index (χ1v) is 12.7. The minimum atomic E-state index is -3.01. The zero-order valence-corrected chi connectivity index (χ0v) is 20.8. The first-order chi connectivity index (χ1) is 18.0. The highest BCUT2D eigenvalue weighted by atomic mass is 35.5. The maximum atomic E-state index is 14.5. The van der Waals surface area contributed by atoms with Gasteiger partial charge in [-0.3, -0.25) is 14.4 Å². The average Bonchev–Trinajstić information content (AvgIpc) is 3.53. The van der Waals surface area contributed by atoms with Crippen LogP contribution in [0.4, 0.5) is 17.6 Å². The Balaban J connectivity index is 1.41. The van der Waals surface area contributed by atoms with E-state index in [0.717, 1.165) is 23.5 Å². The van der Waals surface area contributed by atoms with Crippen LogP contribution < -0.4 is 10.6 Å². The average molecular weight is 554 g/mol. The Morgan fingerprint density at radius 2 is 2.05 bits per heavy atom. The summed E-state index contributed by atoms with van der Waals surface area (Å²) in [6.45, 7) is 0.365.